The normalized spacial score (nSPS) is 21.4. The van der Waals surface area contributed by atoms with Gasteiger partial charge in [0.05, 0.1) is 36.0 Å². The van der Waals surface area contributed by atoms with Gasteiger partial charge in [0.25, 0.3) is 5.91 Å². The number of nitrogens with zero attached hydrogens (tertiary/aromatic N) is 2. The van der Waals surface area contributed by atoms with E-state index in [4.69, 9.17) is 27.9 Å². The number of hydrogen-bond donors (Lipinski definition) is 1. The third kappa shape index (κ3) is 6.73. The molecule has 1 heterocycles. The lowest BCUT2D eigenvalue weighted by Gasteiger charge is -2.50. The molecule has 5 rings (SSSR count). The molecule has 0 spiro atoms. The van der Waals surface area contributed by atoms with E-state index >= 15 is 4.39 Å². The van der Waals surface area contributed by atoms with Gasteiger partial charge < -0.3 is 14.7 Å². The fraction of sp³-hybridized carbons (Fsp3) is 0.375. The Labute approximate surface area is 266 Å². The molecule has 44 heavy (non-hydrogen) atoms. The van der Waals surface area contributed by atoms with Crippen molar-refractivity contribution in [3.8, 4) is 0 Å². The number of carbonyl (C=O) groups is 2. The molecule has 234 valence electrons. The molecule has 1 N–H and O–H groups in total. The fourth-order valence-corrected chi connectivity index (χ4v) is 7.89. The Balaban J connectivity index is 1.69. The summed E-state index contributed by atoms with van der Waals surface area (Å²) in [6.07, 6.45) is -1.94. The molecule has 3 aromatic rings. The van der Waals surface area contributed by atoms with E-state index in [1.54, 1.807) is 54.6 Å². The number of morpholine rings is 1. The second-order valence-corrected chi connectivity index (χ2v) is 14.5. The van der Waals surface area contributed by atoms with Gasteiger partial charge in [-0.15, -0.1) is 0 Å². The van der Waals surface area contributed by atoms with Crippen LogP contribution < -0.4 is 4.31 Å². The van der Waals surface area contributed by atoms with Crippen LogP contribution in [0.4, 0.5) is 10.1 Å². The monoisotopic (exact) mass is 662 g/mol. The summed E-state index contributed by atoms with van der Waals surface area (Å²) < 4.78 is 50.2. The maximum atomic E-state index is 15.2. The van der Waals surface area contributed by atoms with Crippen LogP contribution in [0.15, 0.2) is 72.8 Å². The Kier molecular flexibility index (Phi) is 9.55. The second-order valence-electron chi connectivity index (χ2n) is 11.5. The van der Waals surface area contributed by atoms with E-state index in [1.807, 2.05) is 13.8 Å². The highest BCUT2D eigenvalue weighted by Crippen LogP contribution is 2.46. The first-order valence-corrected chi connectivity index (χ1v) is 16.6. The van der Waals surface area contributed by atoms with Gasteiger partial charge >= 0.3 is 5.97 Å². The van der Waals surface area contributed by atoms with Gasteiger partial charge in [0.1, 0.15) is 18.0 Å². The van der Waals surface area contributed by atoms with Crippen LogP contribution in [0.5, 0.6) is 0 Å². The van der Waals surface area contributed by atoms with Crippen LogP contribution in [0.3, 0.4) is 0 Å². The van der Waals surface area contributed by atoms with Crippen molar-refractivity contribution >= 4 is 50.8 Å². The molecule has 0 radical (unpaired) electrons. The molecule has 4 atom stereocenters. The molecule has 0 bridgehead atoms. The number of sulfonamides is 1. The van der Waals surface area contributed by atoms with Crippen molar-refractivity contribution in [2.45, 2.75) is 62.7 Å². The number of ether oxygens (including phenoxy) is 1. The van der Waals surface area contributed by atoms with Crippen LogP contribution in [0.2, 0.25) is 10.0 Å². The summed E-state index contributed by atoms with van der Waals surface area (Å²) in [6, 6.07) is 17.7. The van der Waals surface area contributed by atoms with E-state index in [9.17, 15) is 23.1 Å². The minimum atomic E-state index is -3.98. The topological polar surface area (TPSA) is 104 Å². The number of benzene rings is 3. The smallest absolute Gasteiger partial charge is 0.306 e. The van der Waals surface area contributed by atoms with Crippen LogP contribution in [-0.4, -0.2) is 54.2 Å². The number of halogens is 3. The Morgan fingerprint density at radius 2 is 1.70 bits per heavy atom. The fourth-order valence-electron chi connectivity index (χ4n) is 5.69. The molecule has 1 saturated carbocycles. The van der Waals surface area contributed by atoms with Gasteiger partial charge in [0, 0.05) is 10.0 Å². The summed E-state index contributed by atoms with van der Waals surface area (Å²) >= 11 is 12.6. The van der Waals surface area contributed by atoms with Gasteiger partial charge in [-0.2, -0.15) is 0 Å². The molecule has 1 aliphatic carbocycles. The number of hydrogen-bond acceptors (Lipinski definition) is 5. The average molecular weight is 664 g/mol. The van der Waals surface area contributed by atoms with Gasteiger partial charge in [-0.3, -0.25) is 13.9 Å². The summed E-state index contributed by atoms with van der Waals surface area (Å²) in [5, 5.41) is 9.95. The van der Waals surface area contributed by atoms with E-state index in [0.29, 0.717) is 34.0 Å². The highest BCUT2D eigenvalue weighted by atomic mass is 35.5. The minimum absolute atomic E-state index is 0.109. The molecule has 0 aromatic heterocycles. The molecular formula is C32H33Cl2FN2O6S. The van der Waals surface area contributed by atoms with Gasteiger partial charge in [-0.1, -0.05) is 73.4 Å². The average Bonchev–Trinajstić information content (AvgIpc) is 3.82. The lowest BCUT2D eigenvalue weighted by Crippen LogP contribution is -2.59. The molecule has 2 fully saturated rings. The van der Waals surface area contributed by atoms with Crippen molar-refractivity contribution in [3.05, 3.63) is 99.8 Å². The van der Waals surface area contributed by atoms with Crippen LogP contribution >= 0.6 is 23.2 Å². The summed E-state index contributed by atoms with van der Waals surface area (Å²) in [7, 11) is -3.98. The lowest BCUT2D eigenvalue weighted by atomic mass is 9.88. The molecule has 1 saturated heterocycles. The number of carbonyl (C=O) groups excluding carboxylic acids is 1. The summed E-state index contributed by atoms with van der Waals surface area (Å²) in [5.74, 6) is -2.89. The number of aliphatic carboxylic acids is 1. The first-order chi connectivity index (χ1) is 20.9. The van der Waals surface area contributed by atoms with E-state index in [-0.39, 0.29) is 18.2 Å². The van der Waals surface area contributed by atoms with Crippen molar-refractivity contribution in [2.75, 3.05) is 10.8 Å². The summed E-state index contributed by atoms with van der Waals surface area (Å²) in [5.41, 5.74) is 1.13. The Morgan fingerprint density at radius 3 is 2.30 bits per heavy atom. The van der Waals surface area contributed by atoms with Crippen molar-refractivity contribution < 1.29 is 32.2 Å². The molecular weight excluding hydrogens is 630 g/mol. The van der Waals surface area contributed by atoms with Gasteiger partial charge in [-0.05, 0) is 66.3 Å². The largest absolute Gasteiger partial charge is 0.481 e. The van der Waals surface area contributed by atoms with E-state index in [0.717, 1.165) is 4.31 Å². The zero-order chi connectivity index (χ0) is 31.8. The highest BCUT2D eigenvalue weighted by molar-refractivity contribution is 7.93. The quantitative estimate of drug-likeness (QED) is 0.247. The number of para-hydroxylation sites is 1. The van der Waals surface area contributed by atoms with Gasteiger partial charge in [0.2, 0.25) is 10.0 Å². The van der Waals surface area contributed by atoms with Crippen LogP contribution in [0.25, 0.3) is 0 Å². The number of amides is 1. The van der Waals surface area contributed by atoms with E-state index in [1.165, 1.54) is 23.1 Å². The van der Waals surface area contributed by atoms with E-state index < -0.39 is 63.7 Å². The van der Waals surface area contributed by atoms with Gasteiger partial charge in [-0.25, -0.2) is 12.8 Å². The molecule has 1 unspecified atom stereocenters. The van der Waals surface area contributed by atoms with Crippen LogP contribution in [-0.2, 0) is 24.3 Å². The minimum Gasteiger partial charge on any atom is -0.481 e. The predicted octanol–water partition coefficient (Wildman–Crippen LogP) is 6.64. The summed E-state index contributed by atoms with van der Waals surface area (Å²) in [4.78, 5) is 27.8. The SMILES string of the molecule is CC(C)[C@@H](CN(c1ccccc1F)S(=O)(=O)C1CC1)N1C(=O)[C@H](CC(=O)O)O[C@H](c2cccc(Cl)c2)C1c1ccc(Cl)cc1. The van der Waals surface area contributed by atoms with Crippen molar-refractivity contribution in [3.63, 3.8) is 0 Å². The zero-order valence-corrected chi connectivity index (χ0v) is 26.5. The number of carboxylic acid groups (broad SMARTS) is 1. The molecule has 1 aliphatic heterocycles. The standard InChI is InChI=1S/C32H33Cl2FN2O6S/c1-19(2)27(18-36(44(41,42)24-14-15-24)26-9-4-3-8-25(26)35)37-30(20-10-12-22(33)13-11-20)31(21-6-5-7-23(34)16-21)43-28(32(37)40)17-29(38)39/h3-13,16,19,24,27-28,30-31H,14-15,17-18H2,1-2H3,(H,38,39)/t27-,28+,30?,31-/m1/s1. The Morgan fingerprint density at radius 1 is 1.02 bits per heavy atom. The van der Waals surface area contributed by atoms with Crippen molar-refractivity contribution in [1.29, 1.82) is 0 Å². The number of anilines is 1. The predicted molar refractivity (Wildman–Crippen MR) is 167 cm³/mol. The van der Waals surface area contributed by atoms with E-state index in [2.05, 4.69) is 0 Å². The number of carboxylic acids is 1. The maximum absolute atomic E-state index is 15.2. The molecule has 3 aromatic carbocycles. The highest BCUT2D eigenvalue weighted by Gasteiger charge is 2.50. The first-order valence-electron chi connectivity index (χ1n) is 14.3. The van der Waals surface area contributed by atoms with Crippen molar-refractivity contribution in [1.82, 2.24) is 4.90 Å². The van der Waals surface area contributed by atoms with Crippen LogP contribution in [0.1, 0.15) is 56.4 Å². The Bertz CT molecular complexity index is 1630. The molecule has 8 nitrogen and oxygen atoms in total. The third-order valence-corrected chi connectivity index (χ3v) is 10.8. The molecule has 2 aliphatic rings. The molecule has 12 heteroatoms. The second kappa shape index (κ2) is 13.0. The zero-order valence-electron chi connectivity index (χ0n) is 24.1. The molecule has 1 amide bonds. The maximum Gasteiger partial charge on any atom is 0.306 e. The lowest BCUT2D eigenvalue weighted by molar-refractivity contribution is -0.184. The van der Waals surface area contributed by atoms with Crippen molar-refractivity contribution in [2.24, 2.45) is 5.92 Å². The first kappa shape index (κ1) is 32.2. The van der Waals surface area contributed by atoms with Crippen LogP contribution in [0, 0.1) is 11.7 Å². The summed E-state index contributed by atoms with van der Waals surface area (Å²) in [6.45, 7) is 3.43. The number of rotatable bonds is 11. The van der Waals surface area contributed by atoms with Gasteiger partial charge in [0.15, 0.2) is 0 Å². The Hall–Kier alpha value is -3.18. The third-order valence-electron chi connectivity index (χ3n) is 8.03.